The van der Waals surface area contributed by atoms with Crippen molar-refractivity contribution in [3.63, 3.8) is 0 Å². The first-order chi connectivity index (χ1) is 9.29. The highest BCUT2D eigenvalue weighted by Gasteiger charge is 2.06. The molecule has 0 aliphatic rings. The summed E-state index contributed by atoms with van der Waals surface area (Å²) >= 11 is 9.07. The minimum Gasteiger partial charge on any atom is -0.379 e. The number of halogens is 1. The van der Waals surface area contributed by atoms with E-state index in [0.717, 1.165) is 25.7 Å². The van der Waals surface area contributed by atoms with Gasteiger partial charge in [-0.15, -0.1) is 10.2 Å². The summed E-state index contributed by atoms with van der Waals surface area (Å²) in [5, 5.41) is 9.95. The Morgan fingerprint density at radius 2 is 2.00 bits per heavy atom. The average molecular weight is 316 g/mol. The smallest absolute Gasteiger partial charge is 0.174 e. The van der Waals surface area contributed by atoms with Gasteiger partial charge in [0.1, 0.15) is 5.01 Å². The summed E-state index contributed by atoms with van der Waals surface area (Å²) in [7, 11) is 0. The topological polar surface area (TPSA) is 61.0 Å². The molecule has 19 heavy (non-hydrogen) atoms. The Kier molecular flexibility index (Phi) is 6.06. The third-order valence-electron chi connectivity index (χ3n) is 2.21. The first-order valence-corrected chi connectivity index (χ1v) is 7.97. The lowest BCUT2D eigenvalue weighted by atomic mass is 10.2. The normalized spacial score (nSPS) is 10.8. The van der Waals surface area contributed by atoms with Crippen molar-refractivity contribution in [2.24, 2.45) is 5.73 Å². The summed E-state index contributed by atoms with van der Waals surface area (Å²) in [4.78, 5) is 0. The fourth-order valence-electron chi connectivity index (χ4n) is 1.35. The minimum atomic E-state index is 0.560. The van der Waals surface area contributed by atoms with E-state index in [9.17, 15) is 0 Å². The molecule has 0 aliphatic carbocycles. The highest BCUT2D eigenvalue weighted by Crippen LogP contribution is 2.29. The highest BCUT2D eigenvalue weighted by molar-refractivity contribution is 8.01. The zero-order valence-corrected chi connectivity index (χ0v) is 12.6. The second-order valence-corrected chi connectivity index (χ2v) is 6.39. The zero-order chi connectivity index (χ0) is 13.5. The number of hydrogen-bond donors (Lipinski definition) is 1. The molecule has 1 aromatic carbocycles. The first kappa shape index (κ1) is 14.7. The molecule has 1 heterocycles. The van der Waals surface area contributed by atoms with Crippen LogP contribution in [0.25, 0.3) is 10.6 Å². The Morgan fingerprint density at radius 1 is 1.21 bits per heavy atom. The molecule has 0 bridgehead atoms. The second kappa shape index (κ2) is 7.81. The maximum absolute atomic E-state index is 5.85. The molecular weight excluding hydrogens is 302 g/mol. The van der Waals surface area contributed by atoms with Crippen LogP contribution in [-0.4, -0.2) is 35.7 Å². The van der Waals surface area contributed by atoms with Gasteiger partial charge < -0.3 is 10.5 Å². The number of nitrogens with zero attached hydrogens (tertiary/aromatic N) is 2. The van der Waals surface area contributed by atoms with Crippen LogP contribution in [0, 0.1) is 0 Å². The molecule has 0 fully saturated rings. The SMILES string of the molecule is NCCOCCSc1nnc(-c2ccc(Cl)cc2)s1. The van der Waals surface area contributed by atoms with Crippen LogP contribution in [0.1, 0.15) is 0 Å². The quantitative estimate of drug-likeness (QED) is 0.629. The first-order valence-electron chi connectivity index (χ1n) is 5.79. The van der Waals surface area contributed by atoms with Gasteiger partial charge in [-0.1, -0.05) is 46.8 Å². The van der Waals surface area contributed by atoms with Gasteiger partial charge in [-0.3, -0.25) is 0 Å². The molecule has 0 saturated carbocycles. The van der Waals surface area contributed by atoms with E-state index >= 15 is 0 Å². The van der Waals surface area contributed by atoms with E-state index in [1.54, 1.807) is 23.1 Å². The number of ether oxygens (including phenoxy) is 1. The molecule has 0 amide bonds. The van der Waals surface area contributed by atoms with Crippen LogP contribution in [0.5, 0.6) is 0 Å². The molecular formula is C12H14ClN3OS2. The van der Waals surface area contributed by atoms with Gasteiger partial charge in [0.05, 0.1) is 13.2 Å². The molecule has 102 valence electrons. The van der Waals surface area contributed by atoms with Gasteiger partial charge in [0.2, 0.25) is 0 Å². The number of benzene rings is 1. The molecule has 1 aromatic heterocycles. The Bertz CT molecular complexity index is 504. The summed E-state index contributed by atoms with van der Waals surface area (Å²) in [6.45, 7) is 1.84. The molecule has 0 radical (unpaired) electrons. The zero-order valence-electron chi connectivity index (χ0n) is 10.2. The van der Waals surface area contributed by atoms with Crippen LogP contribution < -0.4 is 5.73 Å². The lowest BCUT2D eigenvalue weighted by molar-refractivity contribution is 0.158. The van der Waals surface area contributed by atoms with Gasteiger partial charge in [0.25, 0.3) is 0 Å². The molecule has 2 rings (SSSR count). The van der Waals surface area contributed by atoms with Crippen LogP contribution in [0.15, 0.2) is 28.6 Å². The predicted octanol–water partition coefficient (Wildman–Crippen LogP) is 2.93. The molecule has 2 aromatic rings. The van der Waals surface area contributed by atoms with E-state index in [2.05, 4.69) is 10.2 Å². The van der Waals surface area contributed by atoms with Crippen LogP contribution in [0.3, 0.4) is 0 Å². The van der Waals surface area contributed by atoms with E-state index in [4.69, 9.17) is 22.1 Å². The van der Waals surface area contributed by atoms with Crippen molar-refractivity contribution in [3.8, 4) is 10.6 Å². The van der Waals surface area contributed by atoms with Gasteiger partial charge in [-0.2, -0.15) is 0 Å². The summed E-state index contributed by atoms with van der Waals surface area (Å²) in [5.74, 6) is 0.856. The fraction of sp³-hybridized carbons (Fsp3) is 0.333. The lowest BCUT2D eigenvalue weighted by Gasteiger charge is -1.99. The summed E-state index contributed by atoms with van der Waals surface area (Å²) in [6.07, 6.45) is 0. The third-order valence-corrected chi connectivity index (χ3v) is 4.53. The molecule has 0 unspecified atom stereocenters. The van der Waals surface area contributed by atoms with Crippen LogP contribution in [0.4, 0.5) is 0 Å². The number of nitrogens with two attached hydrogens (primary N) is 1. The Labute approximate surface area is 125 Å². The summed E-state index contributed by atoms with van der Waals surface area (Å²) < 4.78 is 6.25. The number of thioether (sulfide) groups is 1. The molecule has 0 atom stereocenters. The van der Waals surface area contributed by atoms with Crippen LogP contribution in [-0.2, 0) is 4.74 Å². The van der Waals surface area contributed by atoms with Crippen molar-refractivity contribution in [3.05, 3.63) is 29.3 Å². The molecule has 0 saturated heterocycles. The van der Waals surface area contributed by atoms with Crippen molar-refractivity contribution in [2.45, 2.75) is 4.34 Å². The van der Waals surface area contributed by atoms with Crippen molar-refractivity contribution < 1.29 is 4.74 Å². The van der Waals surface area contributed by atoms with Gasteiger partial charge in [0.15, 0.2) is 4.34 Å². The van der Waals surface area contributed by atoms with E-state index in [1.807, 2.05) is 24.3 Å². The maximum Gasteiger partial charge on any atom is 0.174 e. The lowest BCUT2D eigenvalue weighted by Crippen LogP contribution is -2.09. The predicted molar refractivity (Wildman–Crippen MR) is 81.0 cm³/mol. The van der Waals surface area contributed by atoms with Crippen molar-refractivity contribution in [1.82, 2.24) is 10.2 Å². The Hall–Kier alpha value is -0.660. The monoisotopic (exact) mass is 315 g/mol. The van der Waals surface area contributed by atoms with E-state index < -0.39 is 0 Å². The number of hydrogen-bond acceptors (Lipinski definition) is 6. The average Bonchev–Trinajstić information content (AvgIpc) is 2.88. The minimum absolute atomic E-state index is 0.560. The maximum atomic E-state index is 5.85. The molecule has 7 heteroatoms. The van der Waals surface area contributed by atoms with Gasteiger partial charge in [-0.25, -0.2) is 0 Å². The van der Waals surface area contributed by atoms with E-state index in [-0.39, 0.29) is 0 Å². The van der Waals surface area contributed by atoms with Crippen molar-refractivity contribution >= 4 is 34.7 Å². The van der Waals surface area contributed by atoms with Gasteiger partial charge >= 0.3 is 0 Å². The van der Waals surface area contributed by atoms with Gasteiger partial charge in [-0.05, 0) is 12.1 Å². The molecule has 0 aliphatic heterocycles. The largest absolute Gasteiger partial charge is 0.379 e. The van der Waals surface area contributed by atoms with E-state index in [0.29, 0.717) is 19.8 Å². The molecule has 4 nitrogen and oxygen atoms in total. The van der Waals surface area contributed by atoms with Crippen LogP contribution >= 0.6 is 34.7 Å². The Balaban J connectivity index is 1.86. The van der Waals surface area contributed by atoms with E-state index in [1.165, 1.54) is 0 Å². The summed E-state index contributed by atoms with van der Waals surface area (Å²) in [5.41, 5.74) is 6.37. The number of aromatic nitrogens is 2. The summed E-state index contributed by atoms with van der Waals surface area (Å²) in [6, 6.07) is 7.60. The molecule has 2 N–H and O–H groups in total. The van der Waals surface area contributed by atoms with Gasteiger partial charge in [0, 0.05) is 22.9 Å². The van der Waals surface area contributed by atoms with Crippen LogP contribution in [0.2, 0.25) is 5.02 Å². The van der Waals surface area contributed by atoms with Crippen molar-refractivity contribution in [2.75, 3.05) is 25.5 Å². The molecule has 0 spiro atoms. The highest BCUT2D eigenvalue weighted by atomic mass is 35.5. The number of rotatable bonds is 7. The Morgan fingerprint density at radius 3 is 2.74 bits per heavy atom. The third kappa shape index (κ3) is 4.74. The standard InChI is InChI=1S/C12H14ClN3OS2/c13-10-3-1-9(2-4-10)11-15-16-12(19-11)18-8-7-17-6-5-14/h1-4H,5-8,14H2. The second-order valence-electron chi connectivity index (χ2n) is 3.63. The fourth-order valence-corrected chi connectivity index (χ4v) is 3.26. The van der Waals surface area contributed by atoms with Crippen molar-refractivity contribution in [1.29, 1.82) is 0 Å².